The van der Waals surface area contributed by atoms with E-state index in [4.69, 9.17) is 5.11 Å². The zero-order valence-electron chi connectivity index (χ0n) is 11.5. The number of carboxylic acid groups (broad SMARTS) is 1. The van der Waals surface area contributed by atoms with Gasteiger partial charge in [-0.2, -0.15) is 13.2 Å². The molecule has 0 aromatic heterocycles. The largest absolute Gasteiger partial charge is 0.481 e. The molecular formula is C15H18F3NO2. The van der Waals surface area contributed by atoms with Gasteiger partial charge < -0.3 is 10.4 Å². The van der Waals surface area contributed by atoms with Crippen LogP contribution in [0.15, 0.2) is 24.3 Å². The molecule has 0 radical (unpaired) electrons. The van der Waals surface area contributed by atoms with E-state index in [1.54, 1.807) is 6.07 Å². The van der Waals surface area contributed by atoms with Crippen molar-refractivity contribution in [2.24, 2.45) is 5.92 Å². The standard InChI is InChI=1S/C15H18F3NO2/c16-15(17,18)11-5-3-4-10(8-11)9-19-13-7-2-1-6-12(13)14(20)21/h3-5,8,12-13,19H,1-2,6-7,9H2,(H,20,21)/t12-,13-/m1/s1. The summed E-state index contributed by atoms with van der Waals surface area (Å²) in [6, 6.07) is 4.94. The number of hydrogen-bond acceptors (Lipinski definition) is 2. The number of alkyl halides is 3. The normalized spacial score (nSPS) is 23.0. The van der Waals surface area contributed by atoms with Gasteiger partial charge in [-0.05, 0) is 24.5 Å². The fourth-order valence-corrected chi connectivity index (χ4v) is 2.78. The Balaban J connectivity index is 2.00. The molecule has 0 bridgehead atoms. The number of carbonyl (C=O) groups is 1. The van der Waals surface area contributed by atoms with Gasteiger partial charge in [0.2, 0.25) is 0 Å². The number of benzene rings is 1. The van der Waals surface area contributed by atoms with Crippen LogP contribution >= 0.6 is 0 Å². The average Bonchev–Trinajstić information content (AvgIpc) is 2.45. The molecule has 0 amide bonds. The first-order chi connectivity index (χ1) is 9.88. The van der Waals surface area contributed by atoms with Gasteiger partial charge >= 0.3 is 12.1 Å². The third kappa shape index (κ3) is 4.20. The Labute approximate surface area is 121 Å². The van der Waals surface area contributed by atoms with Gasteiger partial charge in [0.05, 0.1) is 11.5 Å². The van der Waals surface area contributed by atoms with E-state index < -0.39 is 23.6 Å². The fourth-order valence-electron chi connectivity index (χ4n) is 2.78. The average molecular weight is 301 g/mol. The molecule has 0 aliphatic heterocycles. The summed E-state index contributed by atoms with van der Waals surface area (Å²) in [5.41, 5.74) is -0.167. The van der Waals surface area contributed by atoms with Crippen LogP contribution in [0.4, 0.5) is 13.2 Å². The van der Waals surface area contributed by atoms with Crippen molar-refractivity contribution in [3.05, 3.63) is 35.4 Å². The number of nitrogens with one attached hydrogen (secondary N) is 1. The summed E-state index contributed by atoms with van der Waals surface area (Å²) in [7, 11) is 0. The first kappa shape index (κ1) is 15.8. The molecule has 0 saturated heterocycles. The molecule has 6 heteroatoms. The SMILES string of the molecule is O=C(O)[C@@H]1CCCC[C@H]1NCc1cccc(C(F)(F)F)c1. The van der Waals surface area contributed by atoms with Crippen LogP contribution in [0.5, 0.6) is 0 Å². The third-order valence-corrected chi connectivity index (χ3v) is 3.91. The lowest BCUT2D eigenvalue weighted by molar-refractivity contribution is -0.143. The van der Waals surface area contributed by atoms with Crippen molar-refractivity contribution in [1.82, 2.24) is 5.32 Å². The van der Waals surface area contributed by atoms with E-state index in [9.17, 15) is 18.0 Å². The Morgan fingerprint density at radius 1 is 1.29 bits per heavy atom. The second-order valence-corrected chi connectivity index (χ2v) is 5.41. The van der Waals surface area contributed by atoms with Gasteiger partial charge in [0.1, 0.15) is 0 Å². The highest BCUT2D eigenvalue weighted by Crippen LogP contribution is 2.30. The maximum Gasteiger partial charge on any atom is 0.416 e. The maximum absolute atomic E-state index is 12.6. The van der Waals surface area contributed by atoms with Gasteiger partial charge in [-0.1, -0.05) is 31.0 Å². The van der Waals surface area contributed by atoms with Crippen molar-refractivity contribution in [3.63, 3.8) is 0 Å². The smallest absolute Gasteiger partial charge is 0.416 e. The predicted molar refractivity (Wildman–Crippen MR) is 71.7 cm³/mol. The first-order valence-electron chi connectivity index (χ1n) is 7.00. The molecule has 21 heavy (non-hydrogen) atoms. The Morgan fingerprint density at radius 3 is 2.67 bits per heavy atom. The molecule has 2 atom stereocenters. The number of halogens is 3. The first-order valence-corrected chi connectivity index (χ1v) is 7.00. The van der Waals surface area contributed by atoms with Crippen LogP contribution in [-0.4, -0.2) is 17.1 Å². The summed E-state index contributed by atoms with van der Waals surface area (Å²) in [5.74, 6) is -1.29. The van der Waals surface area contributed by atoms with E-state index >= 15 is 0 Å². The highest BCUT2D eigenvalue weighted by atomic mass is 19.4. The molecule has 1 saturated carbocycles. The van der Waals surface area contributed by atoms with Crippen LogP contribution in [0.1, 0.15) is 36.8 Å². The number of rotatable bonds is 4. The monoisotopic (exact) mass is 301 g/mol. The van der Waals surface area contributed by atoms with E-state index in [2.05, 4.69) is 5.32 Å². The van der Waals surface area contributed by atoms with Crippen molar-refractivity contribution >= 4 is 5.97 Å². The second kappa shape index (κ2) is 6.47. The van der Waals surface area contributed by atoms with Gasteiger partial charge in [0, 0.05) is 12.6 Å². The summed E-state index contributed by atoms with van der Waals surface area (Å²) >= 11 is 0. The molecule has 0 spiro atoms. The van der Waals surface area contributed by atoms with Gasteiger partial charge in [-0.25, -0.2) is 0 Å². The summed E-state index contributed by atoms with van der Waals surface area (Å²) in [6.07, 6.45) is -1.15. The summed E-state index contributed by atoms with van der Waals surface area (Å²) in [6.45, 7) is 0.248. The molecule has 1 fully saturated rings. The van der Waals surface area contributed by atoms with E-state index in [-0.39, 0.29) is 12.6 Å². The predicted octanol–water partition coefficient (Wildman–Crippen LogP) is 3.44. The Hall–Kier alpha value is -1.56. The molecule has 1 aromatic carbocycles. The topological polar surface area (TPSA) is 49.3 Å². The van der Waals surface area contributed by atoms with Crippen LogP contribution in [-0.2, 0) is 17.5 Å². The van der Waals surface area contributed by atoms with Gasteiger partial charge in [-0.3, -0.25) is 4.79 Å². The van der Waals surface area contributed by atoms with Gasteiger partial charge in [-0.15, -0.1) is 0 Å². The second-order valence-electron chi connectivity index (χ2n) is 5.41. The van der Waals surface area contributed by atoms with E-state index in [0.29, 0.717) is 12.0 Å². The maximum atomic E-state index is 12.6. The minimum Gasteiger partial charge on any atom is -0.481 e. The summed E-state index contributed by atoms with van der Waals surface area (Å²) in [5, 5.41) is 12.3. The van der Waals surface area contributed by atoms with Gasteiger partial charge in [0.25, 0.3) is 0 Å². The van der Waals surface area contributed by atoms with Crippen molar-refractivity contribution in [2.75, 3.05) is 0 Å². The molecule has 116 valence electrons. The molecule has 0 heterocycles. The van der Waals surface area contributed by atoms with Crippen LogP contribution in [0.2, 0.25) is 0 Å². The molecule has 2 rings (SSSR count). The molecule has 3 nitrogen and oxygen atoms in total. The summed E-state index contributed by atoms with van der Waals surface area (Å²) < 4.78 is 37.9. The van der Waals surface area contributed by atoms with E-state index in [0.717, 1.165) is 31.4 Å². The third-order valence-electron chi connectivity index (χ3n) is 3.91. The molecule has 1 aliphatic carbocycles. The Morgan fingerprint density at radius 2 is 2.00 bits per heavy atom. The molecule has 1 aliphatic rings. The van der Waals surface area contributed by atoms with Crippen molar-refractivity contribution in [2.45, 2.75) is 44.4 Å². The lowest BCUT2D eigenvalue weighted by Crippen LogP contribution is -2.41. The van der Waals surface area contributed by atoms with Crippen molar-refractivity contribution in [3.8, 4) is 0 Å². The zero-order chi connectivity index (χ0) is 15.5. The molecule has 0 unspecified atom stereocenters. The molecule has 1 aromatic rings. The molecule has 2 N–H and O–H groups in total. The lowest BCUT2D eigenvalue weighted by Gasteiger charge is -2.29. The zero-order valence-corrected chi connectivity index (χ0v) is 11.5. The number of hydrogen-bond donors (Lipinski definition) is 2. The van der Waals surface area contributed by atoms with Crippen LogP contribution in [0.25, 0.3) is 0 Å². The van der Waals surface area contributed by atoms with E-state index in [1.807, 2.05) is 0 Å². The quantitative estimate of drug-likeness (QED) is 0.895. The Kier molecular flexibility index (Phi) is 4.88. The highest BCUT2D eigenvalue weighted by molar-refractivity contribution is 5.71. The number of carboxylic acids is 1. The van der Waals surface area contributed by atoms with Crippen LogP contribution in [0, 0.1) is 5.92 Å². The highest BCUT2D eigenvalue weighted by Gasteiger charge is 2.31. The van der Waals surface area contributed by atoms with Crippen LogP contribution < -0.4 is 5.32 Å². The summed E-state index contributed by atoms with van der Waals surface area (Å²) in [4.78, 5) is 11.2. The Bertz CT molecular complexity index is 502. The number of aliphatic carboxylic acids is 1. The van der Waals surface area contributed by atoms with E-state index in [1.165, 1.54) is 6.07 Å². The van der Waals surface area contributed by atoms with Crippen LogP contribution in [0.3, 0.4) is 0 Å². The van der Waals surface area contributed by atoms with Crippen molar-refractivity contribution in [1.29, 1.82) is 0 Å². The van der Waals surface area contributed by atoms with Gasteiger partial charge in [0.15, 0.2) is 0 Å². The fraction of sp³-hybridized carbons (Fsp3) is 0.533. The minimum absolute atomic E-state index is 0.175. The lowest BCUT2D eigenvalue weighted by atomic mass is 9.84. The molecular weight excluding hydrogens is 283 g/mol. The van der Waals surface area contributed by atoms with Crippen molar-refractivity contribution < 1.29 is 23.1 Å². The minimum atomic E-state index is -4.36.